The molecule has 0 radical (unpaired) electrons. The topological polar surface area (TPSA) is 49.8 Å². The van der Waals surface area contributed by atoms with Gasteiger partial charge in [0.25, 0.3) is 0 Å². The Morgan fingerprint density at radius 3 is 2.30 bits per heavy atom. The first-order valence-electron chi connectivity index (χ1n) is 6.38. The molecule has 4 nitrogen and oxygen atoms in total. The van der Waals surface area contributed by atoms with Gasteiger partial charge in [-0.2, -0.15) is 24.9 Å². The minimum atomic E-state index is -4.54. The lowest BCUT2D eigenvalue weighted by Crippen LogP contribution is -2.20. The molecule has 2 rings (SSSR count). The number of nitrogens with one attached hydrogen (secondary N) is 2. The van der Waals surface area contributed by atoms with Gasteiger partial charge in [-0.25, -0.2) is 9.97 Å². The number of halogens is 3. The van der Waals surface area contributed by atoms with E-state index >= 15 is 0 Å². The Labute approximate surface area is 120 Å². The van der Waals surface area contributed by atoms with Gasteiger partial charge in [0.15, 0.2) is 0 Å². The quantitative estimate of drug-likeness (QED) is 0.845. The molecular formula is C12H17F3N4S. The molecule has 0 atom stereocenters. The predicted molar refractivity (Wildman–Crippen MR) is 75.2 cm³/mol. The smallest absolute Gasteiger partial charge is 0.370 e. The molecule has 0 aliphatic heterocycles. The van der Waals surface area contributed by atoms with Gasteiger partial charge in [0, 0.05) is 23.9 Å². The predicted octanol–water partition coefficient (Wildman–Crippen LogP) is 3.23. The van der Waals surface area contributed by atoms with Gasteiger partial charge in [-0.15, -0.1) is 0 Å². The molecule has 1 aromatic heterocycles. The Hall–Kier alpha value is -1.18. The summed E-state index contributed by atoms with van der Waals surface area (Å²) < 4.78 is 38.4. The number of aromatic nitrogens is 2. The maximum atomic E-state index is 12.8. The average Bonchev–Trinajstić information content (AvgIpc) is 3.16. The zero-order chi connectivity index (χ0) is 14.8. The van der Waals surface area contributed by atoms with Crippen molar-refractivity contribution >= 4 is 23.4 Å². The number of nitrogens with zero attached hydrogens (tertiary/aromatic N) is 2. The Bertz CT molecular complexity index is 474. The molecule has 20 heavy (non-hydrogen) atoms. The van der Waals surface area contributed by atoms with Crippen molar-refractivity contribution in [2.75, 3.05) is 30.0 Å². The first kappa shape index (κ1) is 15.2. The van der Waals surface area contributed by atoms with Crippen molar-refractivity contribution in [3.8, 4) is 0 Å². The van der Waals surface area contributed by atoms with E-state index in [1.165, 1.54) is 6.07 Å². The number of alkyl halides is 3. The summed E-state index contributed by atoms with van der Waals surface area (Å²) in [5, 5.41) is 5.79. The molecule has 1 fully saturated rings. The van der Waals surface area contributed by atoms with Crippen LogP contribution in [0.15, 0.2) is 6.07 Å². The molecule has 1 aromatic rings. The Kier molecular flexibility index (Phi) is 4.31. The fraction of sp³-hybridized carbons (Fsp3) is 0.667. The van der Waals surface area contributed by atoms with Gasteiger partial charge in [0.05, 0.1) is 0 Å². The summed E-state index contributed by atoms with van der Waals surface area (Å²) >= 11 is 1.74. The SMILES string of the molecule is CCNc1cc(NCC2(SC)CC2)nc(C(F)(F)F)n1. The van der Waals surface area contributed by atoms with Crippen molar-refractivity contribution in [3.63, 3.8) is 0 Å². The third-order valence-electron chi connectivity index (χ3n) is 3.17. The van der Waals surface area contributed by atoms with E-state index in [0.29, 0.717) is 13.1 Å². The second kappa shape index (κ2) is 5.67. The fourth-order valence-corrected chi connectivity index (χ4v) is 2.51. The summed E-state index contributed by atoms with van der Waals surface area (Å²) in [5.74, 6) is -0.720. The molecule has 1 aliphatic carbocycles. The largest absolute Gasteiger partial charge is 0.451 e. The first-order chi connectivity index (χ1) is 9.38. The van der Waals surface area contributed by atoms with E-state index in [1.54, 1.807) is 18.7 Å². The number of thioether (sulfide) groups is 1. The Balaban J connectivity index is 2.16. The highest BCUT2D eigenvalue weighted by atomic mass is 32.2. The monoisotopic (exact) mass is 306 g/mol. The number of hydrogen-bond donors (Lipinski definition) is 2. The molecule has 1 heterocycles. The van der Waals surface area contributed by atoms with Crippen molar-refractivity contribution in [1.29, 1.82) is 0 Å². The molecule has 0 unspecified atom stereocenters. The van der Waals surface area contributed by atoms with Crippen molar-refractivity contribution < 1.29 is 13.2 Å². The van der Waals surface area contributed by atoms with E-state index in [4.69, 9.17) is 0 Å². The molecule has 0 saturated heterocycles. The van der Waals surface area contributed by atoms with E-state index in [1.807, 2.05) is 6.26 Å². The molecule has 8 heteroatoms. The molecule has 0 aromatic carbocycles. The van der Waals surface area contributed by atoms with Gasteiger partial charge in [0.1, 0.15) is 11.6 Å². The van der Waals surface area contributed by atoms with E-state index < -0.39 is 12.0 Å². The summed E-state index contributed by atoms with van der Waals surface area (Å²) in [6, 6.07) is 1.51. The molecule has 112 valence electrons. The lowest BCUT2D eigenvalue weighted by atomic mass is 10.4. The summed E-state index contributed by atoms with van der Waals surface area (Å²) in [4.78, 5) is 7.04. The van der Waals surface area contributed by atoms with E-state index in [0.717, 1.165) is 12.8 Å². The standard InChI is InChI=1S/C12H17F3N4S/c1-3-16-8-6-9(17-7-11(20-2)4-5-11)19-10(18-8)12(13,14)15/h6H,3-5,7H2,1-2H3,(H2,16,17,18,19). The third-order valence-corrected chi connectivity index (χ3v) is 4.59. The van der Waals surface area contributed by atoms with Crippen LogP contribution in [0.2, 0.25) is 0 Å². The Morgan fingerprint density at radius 2 is 1.85 bits per heavy atom. The fourth-order valence-electron chi connectivity index (χ4n) is 1.78. The minimum absolute atomic E-state index is 0.154. The molecule has 0 spiro atoms. The molecular weight excluding hydrogens is 289 g/mol. The van der Waals surface area contributed by atoms with E-state index in [-0.39, 0.29) is 16.4 Å². The maximum absolute atomic E-state index is 12.8. The number of rotatable bonds is 6. The van der Waals surface area contributed by atoms with Gasteiger partial charge in [0.2, 0.25) is 5.82 Å². The summed E-state index contributed by atoms with van der Waals surface area (Å²) in [6.45, 7) is 2.92. The highest BCUT2D eigenvalue weighted by molar-refractivity contribution is 8.00. The second-order valence-electron chi connectivity index (χ2n) is 4.73. The number of hydrogen-bond acceptors (Lipinski definition) is 5. The van der Waals surface area contributed by atoms with Crippen molar-refractivity contribution in [1.82, 2.24) is 9.97 Å². The zero-order valence-electron chi connectivity index (χ0n) is 11.3. The van der Waals surface area contributed by atoms with Gasteiger partial charge in [-0.1, -0.05) is 0 Å². The Morgan fingerprint density at radius 1 is 1.25 bits per heavy atom. The van der Waals surface area contributed by atoms with Gasteiger partial charge in [-0.3, -0.25) is 0 Å². The first-order valence-corrected chi connectivity index (χ1v) is 7.60. The molecule has 0 bridgehead atoms. The van der Waals surface area contributed by atoms with Crippen LogP contribution in [0, 0.1) is 0 Å². The van der Waals surface area contributed by atoms with Crippen molar-refractivity contribution in [2.24, 2.45) is 0 Å². The zero-order valence-corrected chi connectivity index (χ0v) is 12.2. The highest BCUT2D eigenvalue weighted by Crippen LogP contribution is 2.47. The minimum Gasteiger partial charge on any atom is -0.370 e. The molecule has 0 amide bonds. The lowest BCUT2D eigenvalue weighted by Gasteiger charge is -2.15. The second-order valence-corrected chi connectivity index (χ2v) is 6.01. The van der Waals surface area contributed by atoms with Crippen LogP contribution in [-0.4, -0.2) is 34.1 Å². The molecule has 1 aliphatic rings. The summed E-state index contributed by atoms with van der Waals surface area (Å²) in [6.07, 6.45) is -0.366. The summed E-state index contributed by atoms with van der Waals surface area (Å²) in [5.41, 5.74) is 0. The lowest BCUT2D eigenvalue weighted by molar-refractivity contribution is -0.144. The van der Waals surface area contributed by atoms with Crippen molar-refractivity contribution in [3.05, 3.63) is 11.9 Å². The van der Waals surface area contributed by atoms with Crippen molar-refractivity contribution in [2.45, 2.75) is 30.7 Å². The van der Waals surface area contributed by atoms with Gasteiger partial charge in [-0.05, 0) is 26.0 Å². The van der Waals surface area contributed by atoms with Crippen LogP contribution in [0.5, 0.6) is 0 Å². The highest BCUT2D eigenvalue weighted by Gasteiger charge is 2.42. The van der Waals surface area contributed by atoms with Crippen LogP contribution in [0.25, 0.3) is 0 Å². The van der Waals surface area contributed by atoms with Crippen LogP contribution in [0.3, 0.4) is 0 Å². The normalized spacial score (nSPS) is 16.9. The van der Waals surface area contributed by atoms with Crippen LogP contribution < -0.4 is 10.6 Å². The maximum Gasteiger partial charge on any atom is 0.451 e. The van der Waals surface area contributed by atoms with Crippen LogP contribution >= 0.6 is 11.8 Å². The van der Waals surface area contributed by atoms with Gasteiger partial charge >= 0.3 is 6.18 Å². The van der Waals surface area contributed by atoms with Crippen LogP contribution in [0.1, 0.15) is 25.6 Å². The van der Waals surface area contributed by atoms with Crippen LogP contribution in [0.4, 0.5) is 24.8 Å². The molecule has 1 saturated carbocycles. The average molecular weight is 306 g/mol. The van der Waals surface area contributed by atoms with Crippen LogP contribution in [-0.2, 0) is 6.18 Å². The number of anilines is 2. The van der Waals surface area contributed by atoms with E-state index in [9.17, 15) is 13.2 Å². The molecule has 2 N–H and O–H groups in total. The van der Waals surface area contributed by atoms with E-state index in [2.05, 4.69) is 20.6 Å². The third kappa shape index (κ3) is 3.68. The summed E-state index contributed by atoms with van der Waals surface area (Å²) in [7, 11) is 0. The van der Waals surface area contributed by atoms with Gasteiger partial charge < -0.3 is 10.6 Å².